The van der Waals surface area contributed by atoms with Crippen molar-refractivity contribution in [3.8, 4) is 0 Å². The van der Waals surface area contributed by atoms with Crippen LogP contribution < -0.4 is 15.1 Å². The Kier molecular flexibility index (Phi) is 5.84. The molecule has 9 heteroatoms. The van der Waals surface area contributed by atoms with Crippen molar-refractivity contribution >= 4 is 63.1 Å². The summed E-state index contributed by atoms with van der Waals surface area (Å²) in [5, 5.41) is 4.37. The van der Waals surface area contributed by atoms with Gasteiger partial charge in [-0.1, -0.05) is 24.3 Å². The van der Waals surface area contributed by atoms with Crippen LogP contribution in [0, 0.1) is 0 Å². The van der Waals surface area contributed by atoms with E-state index in [2.05, 4.69) is 40.7 Å². The van der Waals surface area contributed by atoms with Crippen molar-refractivity contribution in [3.05, 3.63) is 65.2 Å². The smallest absolute Gasteiger partial charge is 0.298 e. The van der Waals surface area contributed by atoms with E-state index in [0.29, 0.717) is 23.9 Å². The van der Waals surface area contributed by atoms with Gasteiger partial charge in [-0.3, -0.25) is 24.6 Å². The minimum absolute atomic E-state index is 0.172. The highest BCUT2D eigenvalue weighted by molar-refractivity contribution is 7.97. The highest BCUT2D eigenvalue weighted by atomic mass is 32.2. The summed E-state index contributed by atoms with van der Waals surface area (Å²) in [6.07, 6.45) is 4.55. The van der Waals surface area contributed by atoms with Crippen LogP contribution in [0.25, 0.3) is 21.9 Å². The van der Waals surface area contributed by atoms with Crippen molar-refractivity contribution in [3.63, 3.8) is 0 Å². The number of imide groups is 1. The molecule has 0 bridgehead atoms. The highest BCUT2D eigenvalue weighted by Crippen LogP contribution is 2.44. The van der Waals surface area contributed by atoms with Crippen LogP contribution in [0.3, 0.4) is 0 Å². The van der Waals surface area contributed by atoms with Gasteiger partial charge in [0.15, 0.2) is 5.58 Å². The Morgan fingerprint density at radius 1 is 1.05 bits per heavy atom. The molecule has 8 nitrogen and oxygen atoms in total. The van der Waals surface area contributed by atoms with Gasteiger partial charge in [0.05, 0.1) is 5.69 Å². The molecule has 1 unspecified atom stereocenters. The van der Waals surface area contributed by atoms with Gasteiger partial charge in [0.2, 0.25) is 11.8 Å². The number of anilines is 2. The molecule has 2 saturated heterocycles. The second kappa shape index (κ2) is 9.41. The standard InChI is InChI=1S/C30H28N4O4S/c1-39-16-17-5-9-25-22(15-17)31-30(38-25)33-13-11-18(12-14-33)19-6-7-23-27-20(19)3-2-4-21(27)29(37)34(23)24-8-10-26(35)32-28(24)36/h2-7,9,15,18,24H,8,10-14,16H2,1H3,(H,32,35,36). The third kappa shape index (κ3) is 3.98. The molecule has 4 aromatic rings. The van der Waals surface area contributed by atoms with Crippen molar-refractivity contribution in [2.24, 2.45) is 0 Å². The SMILES string of the molecule is CSCc1ccc2oc(N3CCC(c4ccc5c6c(cccc46)C(=O)N5C4CCC(=O)NC4=O)CC3)nc2c1. The lowest BCUT2D eigenvalue weighted by atomic mass is 9.85. The van der Waals surface area contributed by atoms with E-state index in [9.17, 15) is 14.4 Å². The van der Waals surface area contributed by atoms with E-state index >= 15 is 0 Å². The molecule has 39 heavy (non-hydrogen) atoms. The molecule has 3 amide bonds. The predicted octanol–water partition coefficient (Wildman–Crippen LogP) is 4.99. The summed E-state index contributed by atoms with van der Waals surface area (Å²) in [5.41, 5.74) is 5.57. The van der Waals surface area contributed by atoms with Crippen molar-refractivity contribution < 1.29 is 18.8 Å². The van der Waals surface area contributed by atoms with Gasteiger partial charge in [0.25, 0.3) is 11.9 Å². The van der Waals surface area contributed by atoms with Crippen LogP contribution in [-0.2, 0) is 15.3 Å². The van der Waals surface area contributed by atoms with E-state index in [1.807, 2.05) is 24.3 Å². The van der Waals surface area contributed by atoms with Gasteiger partial charge in [-0.2, -0.15) is 16.7 Å². The molecule has 0 saturated carbocycles. The Hall–Kier alpha value is -3.85. The van der Waals surface area contributed by atoms with Gasteiger partial charge in [-0.15, -0.1) is 0 Å². The summed E-state index contributed by atoms with van der Waals surface area (Å²) >= 11 is 1.79. The van der Waals surface area contributed by atoms with Crippen LogP contribution >= 0.6 is 11.8 Å². The summed E-state index contributed by atoms with van der Waals surface area (Å²) in [6, 6.07) is 16.2. The maximum Gasteiger partial charge on any atom is 0.298 e. The fraction of sp³-hybridized carbons (Fsp3) is 0.333. The Labute approximate surface area is 229 Å². The van der Waals surface area contributed by atoms with Crippen molar-refractivity contribution in [1.82, 2.24) is 10.3 Å². The average Bonchev–Trinajstić information content (AvgIpc) is 3.49. The number of carbonyl (C=O) groups excluding carboxylic acids is 3. The van der Waals surface area contributed by atoms with E-state index < -0.39 is 11.9 Å². The number of thioether (sulfide) groups is 1. The van der Waals surface area contributed by atoms with Gasteiger partial charge in [0.1, 0.15) is 11.6 Å². The molecule has 2 fully saturated rings. The third-order valence-electron chi connectivity index (χ3n) is 8.24. The summed E-state index contributed by atoms with van der Waals surface area (Å²) in [6.45, 7) is 1.67. The number of oxazole rings is 1. The first kappa shape index (κ1) is 24.2. The van der Waals surface area contributed by atoms with Gasteiger partial charge < -0.3 is 9.32 Å². The lowest BCUT2D eigenvalue weighted by molar-refractivity contribution is -0.134. The van der Waals surface area contributed by atoms with Gasteiger partial charge in [-0.05, 0) is 72.2 Å². The topological polar surface area (TPSA) is 95.8 Å². The molecule has 7 rings (SSSR count). The summed E-state index contributed by atoms with van der Waals surface area (Å²) in [4.78, 5) is 46.4. The Morgan fingerprint density at radius 2 is 1.90 bits per heavy atom. The third-order valence-corrected chi connectivity index (χ3v) is 8.86. The number of fused-ring (bicyclic) bond motifs is 1. The van der Waals surface area contributed by atoms with E-state index in [-0.39, 0.29) is 18.2 Å². The van der Waals surface area contributed by atoms with Crippen LogP contribution in [0.5, 0.6) is 0 Å². The molecular formula is C30H28N4O4S. The van der Waals surface area contributed by atoms with Gasteiger partial charge in [0, 0.05) is 36.2 Å². The Morgan fingerprint density at radius 3 is 2.69 bits per heavy atom. The lowest BCUT2D eigenvalue weighted by Crippen LogP contribution is -2.53. The zero-order valence-corrected chi connectivity index (χ0v) is 22.4. The normalized spacial score (nSPS) is 19.9. The quantitative estimate of drug-likeness (QED) is 0.356. The van der Waals surface area contributed by atoms with Crippen molar-refractivity contribution in [1.29, 1.82) is 0 Å². The molecule has 1 atom stereocenters. The number of hydrogen-bond acceptors (Lipinski definition) is 7. The maximum absolute atomic E-state index is 13.5. The summed E-state index contributed by atoms with van der Waals surface area (Å²) < 4.78 is 6.10. The van der Waals surface area contributed by atoms with Crippen LogP contribution in [0.15, 0.2) is 52.9 Å². The minimum Gasteiger partial charge on any atom is -0.423 e. The van der Waals surface area contributed by atoms with Crippen molar-refractivity contribution in [2.45, 2.75) is 43.4 Å². The molecule has 1 aromatic heterocycles. The monoisotopic (exact) mass is 540 g/mol. The number of carbonyl (C=O) groups is 3. The second-order valence-corrected chi connectivity index (χ2v) is 11.4. The van der Waals surface area contributed by atoms with Crippen molar-refractivity contribution in [2.75, 3.05) is 29.1 Å². The van der Waals surface area contributed by atoms with E-state index in [4.69, 9.17) is 9.40 Å². The second-order valence-electron chi connectivity index (χ2n) is 10.5. The molecule has 3 aliphatic heterocycles. The molecule has 1 N–H and O–H groups in total. The van der Waals surface area contributed by atoms with Gasteiger partial charge in [-0.25, -0.2) is 0 Å². The van der Waals surface area contributed by atoms with Crippen LogP contribution in [0.2, 0.25) is 0 Å². The summed E-state index contributed by atoms with van der Waals surface area (Å²) in [7, 11) is 0. The van der Waals surface area contributed by atoms with E-state index in [0.717, 1.165) is 59.2 Å². The fourth-order valence-electron chi connectivity index (χ4n) is 6.36. The number of nitrogens with zero attached hydrogens (tertiary/aromatic N) is 3. The molecule has 0 aliphatic carbocycles. The zero-order valence-electron chi connectivity index (χ0n) is 21.6. The van der Waals surface area contributed by atoms with Crippen LogP contribution in [0.4, 0.5) is 11.7 Å². The molecule has 3 aromatic carbocycles. The molecule has 0 spiro atoms. The fourth-order valence-corrected chi connectivity index (χ4v) is 6.87. The van der Waals surface area contributed by atoms with E-state index in [1.165, 1.54) is 11.1 Å². The number of amides is 3. The molecule has 3 aliphatic rings. The first-order valence-electron chi connectivity index (χ1n) is 13.4. The molecule has 4 heterocycles. The number of nitrogens with one attached hydrogen (secondary N) is 1. The Balaban J connectivity index is 1.14. The summed E-state index contributed by atoms with van der Waals surface area (Å²) in [5.74, 6) is 0.424. The van der Waals surface area contributed by atoms with Gasteiger partial charge >= 0.3 is 0 Å². The highest BCUT2D eigenvalue weighted by Gasteiger charge is 2.41. The number of piperidine rings is 2. The lowest BCUT2D eigenvalue weighted by Gasteiger charge is -2.32. The number of benzene rings is 3. The molecular weight excluding hydrogens is 512 g/mol. The maximum atomic E-state index is 13.5. The minimum atomic E-state index is -0.673. The Bertz CT molecular complexity index is 1660. The first-order valence-corrected chi connectivity index (χ1v) is 14.8. The zero-order chi connectivity index (χ0) is 26.7. The largest absolute Gasteiger partial charge is 0.423 e. The predicted molar refractivity (Wildman–Crippen MR) is 152 cm³/mol. The number of hydrogen-bond donors (Lipinski definition) is 1. The first-order chi connectivity index (χ1) is 19.0. The molecule has 0 radical (unpaired) electrons. The van der Waals surface area contributed by atoms with E-state index in [1.54, 1.807) is 16.7 Å². The average molecular weight is 541 g/mol. The van der Waals surface area contributed by atoms with Crippen LogP contribution in [-0.4, -0.2) is 48.1 Å². The number of aromatic nitrogens is 1. The molecule has 198 valence electrons. The number of rotatable bonds is 5. The van der Waals surface area contributed by atoms with Crippen LogP contribution in [0.1, 0.15) is 53.1 Å².